The van der Waals surface area contributed by atoms with E-state index in [1.807, 2.05) is 32.2 Å². The first-order valence-corrected chi connectivity index (χ1v) is 4.81. The first-order valence-electron chi connectivity index (χ1n) is 4.81. The first-order chi connectivity index (χ1) is 6.20. The van der Waals surface area contributed by atoms with E-state index in [2.05, 4.69) is 4.98 Å². The second-order valence-corrected chi connectivity index (χ2v) is 3.47. The predicted octanol–water partition coefficient (Wildman–Crippen LogP) is 2.18. The van der Waals surface area contributed by atoms with Gasteiger partial charge in [-0.3, -0.25) is 4.98 Å². The first kappa shape index (κ1) is 10.2. The van der Waals surface area contributed by atoms with Gasteiger partial charge in [0, 0.05) is 18.8 Å². The summed E-state index contributed by atoms with van der Waals surface area (Å²) in [5.41, 5.74) is 0.553. The van der Waals surface area contributed by atoms with E-state index in [0.717, 1.165) is 18.4 Å². The zero-order valence-electron chi connectivity index (χ0n) is 8.33. The average Bonchev–Trinajstić information content (AvgIpc) is 2.19. The molecule has 2 heteroatoms. The Morgan fingerprint density at radius 3 is 2.54 bits per heavy atom. The van der Waals surface area contributed by atoms with Crippen molar-refractivity contribution in [1.82, 2.24) is 4.98 Å². The standard InChI is InChI=1S/C11H17NO/c1-3-11(13,4-2)8-10-6-5-7-12-9-10/h5-7,9,13H,3-4,8H2,1-2H3. The Hall–Kier alpha value is -0.890. The largest absolute Gasteiger partial charge is 0.390 e. The van der Waals surface area contributed by atoms with Crippen molar-refractivity contribution in [2.75, 3.05) is 0 Å². The lowest BCUT2D eigenvalue weighted by Gasteiger charge is -2.24. The molecule has 0 bridgehead atoms. The van der Waals surface area contributed by atoms with E-state index < -0.39 is 5.60 Å². The van der Waals surface area contributed by atoms with Gasteiger partial charge in [-0.2, -0.15) is 0 Å². The van der Waals surface area contributed by atoms with Crippen molar-refractivity contribution in [3.8, 4) is 0 Å². The maximum atomic E-state index is 10.1. The fourth-order valence-electron chi connectivity index (χ4n) is 1.38. The lowest BCUT2D eigenvalue weighted by atomic mass is 9.90. The molecule has 72 valence electrons. The quantitative estimate of drug-likeness (QED) is 0.768. The van der Waals surface area contributed by atoms with Crippen LogP contribution in [0.5, 0.6) is 0 Å². The maximum absolute atomic E-state index is 10.1. The van der Waals surface area contributed by atoms with Crippen LogP contribution in [0.1, 0.15) is 32.3 Å². The highest BCUT2D eigenvalue weighted by molar-refractivity contribution is 5.11. The molecule has 1 rings (SSSR count). The third-order valence-electron chi connectivity index (χ3n) is 2.57. The van der Waals surface area contributed by atoms with Crippen molar-refractivity contribution < 1.29 is 5.11 Å². The SMILES string of the molecule is CCC(O)(CC)Cc1cccnc1. The number of rotatable bonds is 4. The van der Waals surface area contributed by atoms with Crippen LogP contribution in [-0.2, 0) is 6.42 Å². The number of nitrogens with zero attached hydrogens (tertiary/aromatic N) is 1. The molecule has 1 N–H and O–H groups in total. The van der Waals surface area contributed by atoms with Crippen LogP contribution in [0.25, 0.3) is 0 Å². The molecule has 0 aliphatic carbocycles. The Kier molecular flexibility index (Phi) is 3.43. The molecule has 0 aliphatic heterocycles. The Balaban J connectivity index is 2.68. The summed E-state index contributed by atoms with van der Waals surface area (Å²) in [5, 5.41) is 10.1. The number of hydrogen-bond donors (Lipinski definition) is 1. The van der Waals surface area contributed by atoms with Crippen molar-refractivity contribution in [2.24, 2.45) is 0 Å². The predicted molar refractivity (Wildman–Crippen MR) is 53.5 cm³/mol. The Bertz CT molecular complexity index is 242. The van der Waals surface area contributed by atoms with Gasteiger partial charge in [0.1, 0.15) is 0 Å². The fourth-order valence-corrected chi connectivity index (χ4v) is 1.38. The number of hydrogen-bond acceptors (Lipinski definition) is 2. The van der Waals surface area contributed by atoms with Crippen molar-refractivity contribution in [3.05, 3.63) is 30.1 Å². The molecule has 1 aromatic rings. The Morgan fingerprint density at radius 1 is 1.38 bits per heavy atom. The normalized spacial score (nSPS) is 11.6. The summed E-state index contributed by atoms with van der Waals surface area (Å²) in [5.74, 6) is 0. The second-order valence-electron chi connectivity index (χ2n) is 3.47. The molecule has 0 amide bonds. The topological polar surface area (TPSA) is 33.1 Å². The van der Waals surface area contributed by atoms with E-state index in [0.29, 0.717) is 6.42 Å². The van der Waals surface area contributed by atoms with Crippen molar-refractivity contribution in [3.63, 3.8) is 0 Å². The highest BCUT2D eigenvalue weighted by atomic mass is 16.3. The molecular formula is C11H17NO. The second kappa shape index (κ2) is 4.38. The van der Waals surface area contributed by atoms with Crippen LogP contribution in [0.15, 0.2) is 24.5 Å². The minimum absolute atomic E-state index is 0.553. The summed E-state index contributed by atoms with van der Waals surface area (Å²) in [6.45, 7) is 4.03. The molecule has 0 radical (unpaired) electrons. The van der Waals surface area contributed by atoms with Crippen LogP contribution in [0, 0.1) is 0 Å². The van der Waals surface area contributed by atoms with Gasteiger partial charge in [-0.15, -0.1) is 0 Å². The smallest absolute Gasteiger partial charge is 0.0683 e. The lowest BCUT2D eigenvalue weighted by Crippen LogP contribution is -2.29. The van der Waals surface area contributed by atoms with E-state index in [1.165, 1.54) is 0 Å². The van der Waals surface area contributed by atoms with E-state index in [4.69, 9.17) is 0 Å². The van der Waals surface area contributed by atoms with Crippen LogP contribution >= 0.6 is 0 Å². The Labute approximate surface area is 79.6 Å². The van der Waals surface area contributed by atoms with Gasteiger partial charge in [0.2, 0.25) is 0 Å². The molecule has 0 spiro atoms. The van der Waals surface area contributed by atoms with Crippen LogP contribution < -0.4 is 0 Å². The molecule has 13 heavy (non-hydrogen) atoms. The molecule has 0 saturated carbocycles. The van der Waals surface area contributed by atoms with Gasteiger partial charge in [-0.05, 0) is 24.5 Å². The monoisotopic (exact) mass is 179 g/mol. The zero-order valence-corrected chi connectivity index (χ0v) is 8.33. The highest BCUT2D eigenvalue weighted by Crippen LogP contribution is 2.19. The molecule has 0 aromatic carbocycles. The van der Waals surface area contributed by atoms with Gasteiger partial charge in [0.15, 0.2) is 0 Å². The molecule has 1 aromatic heterocycles. The molecule has 0 saturated heterocycles. The van der Waals surface area contributed by atoms with E-state index in [9.17, 15) is 5.11 Å². The molecular weight excluding hydrogens is 162 g/mol. The molecule has 0 fully saturated rings. The van der Waals surface area contributed by atoms with Gasteiger partial charge in [-0.25, -0.2) is 0 Å². The minimum atomic E-state index is -0.553. The third-order valence-corrected chi connectivity index (χ3v) is 2.57. The van der Waals surface area contributed by atoms with E-state index >= 15 is 0 Å². The van der Waals surface area contributed by atoms with Crippen LogP contribution in [-0.4, -0.2) is 15.7 Å². The van der Waals surface area contributed by atoms with E-state index in [-0.39, 0.29) is 0 Å². The van der Waals surface area contributed by atoms with Crippen LogP contribution in [0.3, 0.4) is 0 Å². The summed E-state index contributed by atoms with van der Waals surface area (Å²) < 4.78 is 0. The zero-order chi connectivity index (χ0) is 9.73. The summed E-state index contributed by atoms with van der Waals surface area (Å²) in [4.78, 5) is 4.03. The third kappa shape index (κ3) is 2.81. The molecule has 1 heterocycles. The molecule has 0 atom stereocenters. The van der Waals surface area contributed by atoms with E-state index in [1.54, 1.807) is 6.20 Å². The molecule has 2 nitrogen and oxygen atoms in total. The summed E-state index contributed by atoms with van der Waals surface area (Å²) in [6.07, 6.45) is 5.85. The van der Waals surface area contributed by atoms with Gasteiger partial charge >= 0.3 is 0 Å². The van der Waals surface area contributed by atoms with Crippen LogP contribution in [0.4, 0.5) is 0 Å². The highest BCUT2D eigenvalue weighted by Gasteiger charge is 2.22. The van der Waals surface area contributed by atoms with Gasteiger partial charge in [0.25, 0.3) is 0 Å². The van der Waals surface area contributed by atoms with Gasteiger partial charge < -0.3 is 5.11 Å². The number of pyridine rings is 1. The van der Waals surface area contributed by atoms with Crippen molar-refractivity contribution in [1.29, 1.82) is 0 Å². The summed E-state index contributed by atoms with van der Waals surface area (Å²) in [6, 6.07) is 3.91. The van der Waals surface area contributed by atoms with Gasteiger partial charge in [0.05, 0.1) is 5.60 Å². The van der Waals surface area contributed by atoms with Crippen LogP contribution in [0.2, 0.25) is 0 Å². The Morgan fingerprint density at radius 2 is 2.08 bits per heavy atom. The summed E-state index contributed by atoms with van der Waals surface area (Å²) in [7, 11) is 0. The molecule has 0 aliphatic rings. The number of aromatic nitrogens is 1. The maximum Gasteiger partial charge on any atom is 0.0683 e. The molecule has 0 unspecified atom stereocenters. The van der Waals surface area contributed by atoms with Crippen molar-refractivity contribution in [2.45, 2.75) is 38.7 Å². The summed E-state index contributed by atoms with van der Waals surface area (Å²) >= 11 is 0. The van der Waals surface area contributed by atoms with Gasteiger partial charge in [-0.1, -0.05) is 19.9 Å². The minimum Gasteiger partial charge on any atom is -0.390 e. The average molecular weight is 179 g/mol. The lowest BCUT2D eigenvalue weighted by molar-refractivity contribution is 0.0326. The van der Waals surface area contributed by atoms with Crippen molar-refractivity contribution >= 4 is 0 Å². The number of aliphatic hydroxyl groups is 1. The fraction of sp³-hybridized carbons (Fsp3) is 0.545.